The maximum Gasteiger partial charge on any atom is 0.355 e. The minimum Gasteiger partial charge on any atom is -0.452 e. The predicted molar refractivity (Wildman–Crippen MR) is 121 cm³/mol. The van der Waals surface area contributed by atoms with Crippen molar-refractivity contribution in [3.05, 3.63) is 95.7 Å². The van der Waals surface area contributed by atoms with E-state index in [1.165, 1.54) is 4.90 Å². The Morgan fingerprint density at radius 1 is 1.16 bits per heavy atom. The summed E-state index contributed by atoms with van der Waals surface area (Å²) in [5, 5.41) is 2.54. The minimum absolute atomic E-state index is 0.192. The molecule has 0 unspecified atom stereocenters. The SMILES string of the molecule is C=C[C@H](c1ccccc1)[C@@H]1OC(=O)C2=C1CS[C@@H]1[C@H](NC(=O)Cc3ccccc3)C(=O)N21. The Kier molecular flexibility index (Phi) is 5.35. The minimum atomic E-state index is -0.638. The van der Waals surface area contributed by atoms with E-state index in [0.717, 1.165) is 16.7 Å². The lowest BCUT2D eigenvalue weighted by molar-refractivity contribution is -0.151. The summed E-state index contributed by atoms with van der Waals surface area (Å²) in [6, 6.07) is 18.5. The molecular formula is C25H22N2O4S. The average molecular weight is 447 g/mol. The maximum atomic E-state index is 12.9. The van der Waals surface area contributed by atoms with Gasteiger partial charge in [0.15, 0.2) is 0 Å². The number of esters is 1. The molecule has 2 amide bonds. The summed E-state index contributed by atoms with van der Waals surface area (Å²) in [7, 11) is 0. The number of carbonyl (C=O) groups is 3. The third-order valence-corrected chi connectivity index (χ3v) is 7.36. The lowest BCUT2D eigenvalue weighted by Crippen LogP contribution is -2.70. The van der Waals surface area contributed by atoms with Crippen molar-refractivity contribution in [2.75, 3.05) is 5.75 Å². The Bertz CT molecular complexity index is 1120. The standard InChI is InChI=1S/C25H22N2O4S/c1-2-17(16-11-7-4-8-12-16)22-18-14-32-24-20(23(29)27(24)21(18)25(30)31-22)26-19(28)13-15-9-5-3-6-10-15/h2-12,17,20,22,24H,1,13-14H2,(H,26,28)/t17-,20-,22+,24-/m1/s1. The molecule has 0 aromatic heterocycles. The number of thioether (sulfide) groups is 1. The second-order valence-electron chi connectivity index (χ2n) is 7.99. The Morgan fingerprint density at radius 2 is 1.84 bits per heavy atom. The fourth-order valence-corrected chi connectivity index (χ4v) is 5.88. The third-order valence-electron chi connectivity index (χ3n) is 6.06. The average Bonchev–Trinajstić information content (AvgIpc) is 3.14. The predicted octanol–water partition coefficient (Wildman–Crippen LogP) is 2.78. The van der Waals surface area contributed by atoms with Gasteiger partial charge >= 0.3 is 5.97 Å². The molecule has 0 spiro atoms. The van der Waals surface area contributed by atoms with E-state index in [2.05, 4.69) is 11.9 Å². The number of β-lactam (4-membered cyclic amide) rings is 1. The number of rotatable bonds is 6. The summed E-state index contributed by atoms with van der Waals surface area (Å²) >= 11 is 1.54. The number of hydrogen-bond donors (Lipinski definition) is 1. The van der Waals surface area contributed by atoms with Crippen LogP contribution in [0.5, 0.6) is 0 Å². The lowest BCUT2D eigenvalue weighted by atomic mass is 9.89. The first-order valence-electron chi connectivity index (χ1n) is 10.5. The van der Waals surface area contributed by atoms with E-state index in [1.807, 2.05) is 60.7 Å². The Balaban J connectivity index is 1.33. The number of benzene rings is 2. The number of amides is 2. The molecule has 3 aliphatic heterocycles. The van der Waals surface area contributed by atoms with Crippen molar-refractivity contribution in [2.45, 2.75) is 29.9 Å². The van der Waals surface area contributed by atoms with E-state index in [1.54, 1.807) is 17.8 Å². The molecule has 2 aromatic rings. The van der Waals surface area contributed by atoms with Gasteiger partial charge in [-0.15, -0.1) is 18.3 Å². The summed E-state index contributed by atoms with van der Waals surface area (Å²) in [4.78, 5) is 39.6. The Hall–Kier alpha value is -3.32. The van der Waals surface area contributed by atoms with Crippen LogP contribution in [0.25, 0.3) is 0 Å². The van der Waals surface area contributed by atoms with Crippen LogP contribution in [-0.2, 0) is 25.5 Å². The molecular weight excluding hydrogens is 424 g/mol. The van der Waals surface area contributed by atoms with E-state index in [4.69, 9.17) is 4.74 Å². The van der Waals surface area contributed by atoms with Crippen LogP contribution in [0.4, 0.5) is 0 Å². The van der Waals surface area contributed by atoms with E-state index in [-0.39, 0.29) is 29.5 Å². The molecule has 6 nitrogen and oxygen atoms in total. The highest BCUT2D eigenvalue weighted by Gasteiger charge is 2.57. The van der Waals surface area contributed by atoms with Crippen LogP contribution in [0.15, 0.2) is 84.6 Å². The summed E-state index contributed by atoms with van der Waals surface area (Å²) in [6.07, 6.45) is 1.51. The molecule has 162 valence electrons. The van der Waals surface area contributed by atoms with Gasteiger partial charge in [-0.2, -0.15) is 0 Å². The first-order valence-corrected chi connectivity index (χ1v) is 11.5. The van der Waals surface area contributed by atoms with Crippen LogP contribution < -0.4 is 5.32 Å². The third kappa shape index (κ3) is 3.42. The van der Waals surface area contributed by atoms with Gasteiger partial charge in [-0.3, -0.25) is 14.5 Å². The van der Waals surface area contributed by atoms with Crippen molar-refractivity contribution >= 4 is 29.5 Å². The number of cyclic esters (lactones) is 1. The fraction of sp³-hybridized carbons (Fsp3) is 0.240. The molecule has 0 bridgehead atoms. The molecule has 3 heterocycles. The first kappa shape index (κ1) is 20.6. The summed E-state index contributed by atoms with van der Waals surface area (Å²) < 4.78 is 5.73. The molecule has 1 fully saturated rings. The van der Waals surface area contributed by atoms with Crippen LogP contribution in [-0.4, -0.2) is 46.0 Å². The number of nitrogens with one attached hydrogen (secondary N) is 1. The maximum absolute atomic E-state index is 12.9. The van der Waals surface area contributed by atoms with Crippen molar-refractivity contribution in [3.8, 4) is 0 Å². The number of carbonyl (C=O) groups excluding carboxylic acids is 3. The van der Waals surface area contributed by atoms with Crippen molar-refractivity contribution in [1.82, 2.24) is 10.2 Å². The van der Waals surface area contributed by atoms with E-state index >= 15 is 0 Å². The van der Waals surface area contributed by atoms with Crippen LogP contribution in [0, 0.1) is 0 Å². The molecule has 2 aromatic carbocycles. The molecule has 5 rings (SSSR count). The zero-order valence-electron chi connectivity index (χ0n) is 17.3. The van der Waals surface area contributed by atoms with Gasteiger partial charge in [0.1, 0.15) is 23.2 Å². The molecule has 0 aliphatic carbocycles. The molecule has 0 saturated carbocycles. The van der Waals surface area contributed by atoms with Crippen LogP contribution in [0.3, 0.4) is 0 Å². The number of hydrogen-bond acceptors (Lipinski definition) is 5. The normalized spacial score (nSPS) is 24.8. The van der Waals surface area contributed by atoms with Crippen molar-refractivity contribution in [2.24, 2.45) is 0 Å². The molecule has 32 heavy (non-hydrogen) atoms. The van der Waals surface area contributed by atoms with Crippen molar-refractivity contribution in [3.63, 3.8) is 0 Å². The molecule has 4 atom stereocenters. The van der Waals surface area contributed by atoms with Crippen LogP contribution in [0.2, 0.25) is 0 Å². The number of nitrogens with zero attached hydrogens (tertiary/aromatic N) is 1. The smallest absolute Gasteiger partial charge is 0.355 e. The van der Waals surface area contributed by atoms with Crippen molar-refractivity contribution < 1.29 is 19.1 Å². The van der Waals surface area contributed by atoms with E-state index in [0.29, 0.717) is 11.4 Å². The zero-order chi connectivity index (χ0) is 22.2. The van der Waals surface area contributed by atoms with Gasteiger partial charge in [0.05, 0.1) is 6.42 Å². The molecule has 1 saturated heterocycles. The first-order chi connectivity index (χ1) is 15.6. The van der Waals surface area contributed by atoms with Gasteiger partial charge < -0.3 is 10.1 Å². The van der Waals surface area contributed by atoms with Gasteiger partial charge in [0.2, 0.25) is 5.91 Å². The largest absolute Gasteiger partial charge is 0.452 e. The molecule has 0 radical (unpaired) electrons. The lowest BCUT2D eigenvalue weighted by Gasteiger charge is -2.48. The summed E-state index contributed by atoms with van der Waals surface area (Å²) in [5.41, 5.74) is 3.03. The number of fused-ring (bicyclic) bond motifs is 2. The second-order valence-corrected chi connectivity index (χ2v) is 9.09. The quantitative estimate of drug-likeness (QED) is 0.420. The van der Waals surface area contributed by atoms with Gasteiger partial charge in [0.25, 0.3) is 5.91 Å². The van der Waals surface area contributed by atoms with Gasteiger partial charge in [-0.05, 0) is 11.1 Å². The Morgan fingerprint density at radius 3 is 2.53 bits per heavy atom. The molecule has 3 aliphatic rings. The van der Waals surface area contributed by atoms with Crippen LogP contribution in [0.1, 0.15) is 17.0 Å². The van der Waals surface area contributed by atoms with E-state index in [9.17, 15) is 14.4 Å². The monoisotopic (exact) mass is 446 g/mol. The number of ether oxygens (including phenoxy) is 1. The van der Waals surface area contributed by atoms with Crippen LogP contribution >= 0.6 is 11.8 Å². The van der Waals surface area contributed by atoms with Gasteiger partial charge in [0, 0.05) is 17.2 Å². The summed E-state index contributed by atoms with van der Waals surface area (Å²) in [6.45, 7) is 3.94. The Labute approximate surface area is 190 Å². The molecule has 1 N–H and O–H groups in total. The topological polar surface area (TPSA) is 75.7 Å². The zero-order valence-corrected chi connectivity index (χ0v) is 18.1. The fourth-order valence-electron chi connectivity index (χ4n) is 4.50. The van der Waals surface area contributed by atoms with Gasteiger partial charge in [-0.25, -0.2) is 4.79 Å². The van der Waals surface area contributed by atoms with Crippen molar-refractivity contribution in [1.29, 1.82) is 0 Å². The highest BCUT2D eigenvalue weighted by Crippen LogP contribution is 2.47. The second kappa shape index (κ2) is 8.31. The highest BCUT2D eigenvalue weighted by atomic mass is 32.2. The highest BCUT2D eigenvalue weighted by molar-refractivity contribution is 8.00. The van der Waals surface area contributed by atoms with E-state index < -0.39 is 18.1 Å². The molecule has 7 heteroatoms. The summed E-state index contributed by atoms with van der Waals surface area (Å²) in [5.74, 6) is -0.605. The van der Waals surface area contributed by atoms with Gasteiger partial charge in [-0.1, -0.05) is 66.7 Å².